The second kappa shape index (κ2) is 7.46. The number of urea groups is 1. The Morgan fingerprint density at radius 1 is 1.19 bits per heavy atom. The number of amides is 3. The summed E-state index contributed by atoms with van der Waals surface area (Å²) in [6.45, 7) is 10.9. The second-order valence-corrected chi connectivity index (χ2v) is 13.1. The summed E-state index contributed by atoms with van der Waals surface area (Å²) < 4.78 is 6.28. The van der Waals surface area contributed by atoms with Gasteiger partial charge in [0.1, 0.15) is 0 Å². The first-order valence-corrected chi connectivity index (χ1v) is 11.7. The Kier molecular flexibility index (Phi) is 5.89. The standard InChI is InChI=1S/C17H26ClN3O4Si/c1-17(2,3)26(4,5)25-14-10-20(21(11-14)16(23)24)15(22)19-13-8-6-12(18)7-9-13/h6-9,14H,10-11H2,1-5H3,(H,19,22)(H,23,24). The van der Waals surface area contributed by atoms with Crippen molar-refractivity contribution in [2.75, 3.05) is 18.4 Å². The van der Waals surface area contributed by atoms with Gasteiger partial charge in [-0.3, -0.25) is 0 Å². The Hall–Kier alpha value is -1.77. The lowest BCUT2D eigenvalue weighted by atomic mass is 10.2. The monoisotopic (exact) mass is 399 g/mol. The van der Waals surface area contributed by atoms with Gasteiger partial charge >= 0.3 is 12.1 Å². The average Bonchev–Trinajstić information content (AvgIpc) is 2.92. The van der Waals surface area contributed by atoms with Gasteiger partial charge in [0.2, 0.25) is 0 Å². The molecule has 0 aliphatic carbocycles. The van der Waals surface area contributed by atoms with E-state index in [2.05, 4.69) is 39.2 Å². The van der Waals surface area contributed by atoms with Crippen LogP contribution in [-0.2, 0) is 4.43 Å². The highest BCUT2D eigenvalue weighted by molar-refractivity contribution is 6.74. The van der Waals surface area contributed by atoms with Gasteiger partial charge in [0.25, 0.3) is 0 Å². The van der Waals surface area contributed by atoms with E-state index in [0.29, 0.717) is 10.7 Å². The number of halogens is 1. The third-order valence-electron chi connectivity index (χ3n) is 4.86. The number of carbonyl (C=O) groups is 2. The Balaban J connectivity index is 2.10. The molecule has 9 heteroatoms. The fourth-order valence-corrected chi connectivity index (χ4v) is 3.87. The molecule has 144 valence electrons. The summed E-state index contributed by atoms with van der Waals surface area (Å²) in [6, 6.07) is 6.10. The molecule has 1 aliphatic heterocycles. The molecular weight excluding hydrogens is 374 g/mol. The Morgan fingerprint density at radius 2 is 1.73 bits per heavy atom. The fourth-order valence-electron chi connectivity index (χ4n) is 2.40. The highest BCUT2D eigenvalue weighted by Gasteiger charge is 2.44. The number of anilines is 1. The molecule has 7 nitrogen and oxygen atoms in total. The van der Waals surface area contributed by atoms with Crippen LogP contribution in [0.15, 0.2) is 24.3 Å². The highest BCUT2D eigenvalue weighted by Crippen LogP contribution is 2.38. The van der Waals surface area contributed by atoms with Crippen molar-refractivity contribution in [3.8, 4) is 0 Å². The molecule has 1 aromatic rings. The minimum Gasteiger partial charge on any atom is -0.464 e. The third kappa shape index (κ3) is 4.69. The maximum absolute atomic E-state index is 12.6. The van der Waals surface area contributed by atoms with E-state index in [0.717, 1.165) is 5.01 Å². The summed E-state index contributed by atoms with van der Waals surface area (Å²) in [5, 5.41) is 14.9. The van der Waals surface area contributed by atoms with Gasteiger partial charge in [-0.25, -0.2) is 19.6 Å². The highest BCUT2D eigenvalue weighted by atomic mass is 35.5. The topological polar surface area (TPSA) is 82.1 Å². The van der Waals surface area contributed by atoms with Crippen molar-refractivity contribution >= 4 is 37.7 Å². The van der Waals surface area contributed by atoms with Crippen molar-refractivity contribution in [1.82, 2.24) is 10.0 Å². The van der Waals surface area contributed by atoms with E-state index in [-0.39, 0.29) is 24.2 Å². The predicted molar refractivity (Wildman–Crippen MR) is 104 cm³/mol. The van der Waals surface area contributed by atoms with Gasteiger partial charge in [-0.1, -0.05) is 32.4 Å². The van der Waals surface area contributed by atoms with Crippen molar-refractivity contribution in [3.05, 3.63) is 29.3 Å². The van der Waals surface area contributed by atoms with E-state index in [9.17, 15) is 14.7 Å². The van der Waals surface area contributed by atoms with Crippen molar-refractivity contribution in [1.29, 1.82) is 0 Å². The van der Waals surface area contributed by atoms with Gasteiger partial charge in [0, 0.05) is 10.7 Å². The van der Waals surface area contributed by atoms with E-state index in [4.69, 9.17) is 16.0 Å². The van der Waals surface area contributed by atoms with Crippen LogP contribution in [0.3, 0.4) is 0 Å². The van der Waals surface area contributed by atoms with Gasteiger partial charge in [0.05, 0.1) is 19.2 Å². The van der Waals surface area contributed by atoms with Gasteiger partial charge in [-0.05, 0) is 42.4 Å². The van der Waals surface area contributed by atoms with Gasteiger partial charge in [-0.15, -0.1) is 0 Å². The molecule has 0 aromatic heterocycles. The van der Waals surface area contributed by atoms with Gasteiger partial charge < -0.3 is 14.8 Å². The molecule has 2 N–H and O–H groups in total. The third-order valence-corrected chi connectivity index (χ3v) is 9.65. The molecule has 1 unspecified atom stereocenters. The molecule has 0 saturated carbocycles. The molecule has 1 aromatic carbocycles. The molecule has 0 radical (unpaired) electrons. The molecule has 0 spiro atoms. The van der Waals surface area contributed by atoms with Crippen LogP contribution in [-0.4, -0.2) is 54.8 Å². The number of carbonyl (C=O) groups excluding carboxylic acids is 1. The normalized spacial score (nSPS) is 18.2. The SMILES string of the molecule is CC(C)(C)[Si](C)(C)OC1CN(C(=O)O)N(C(=O)Nc2ccc(Cl)cc2)C1. The molecule has 1 fully saturated rings. The van der Waals surface area contributed by atoms with E-state index in [1.807, 2.05) is 0 Å². The summed E-state index contributed by atoms with van der Waals surface area (Å²) in [5.41, 5.74) is 0.540. The number of nitrogens with zero attached hydrogens (tertiary/aromatic N) is 2. The summed E-state index contributed by atoms with van der Waals surface area (Å²) in [7, 11) is -2.07. The number of benzene rings is 1. The zero-order valence-corrected chi connectivity index (χ0v) is 17.5. The predicted octanol–water partition coefficient (Wildman–Crippen LogP) is 4.47. The van der Waals surface area contributed by atoms with E-state index >= 15 is 0 Å². The van der Waals surface area contributed by atoms with E-state index < -0.39 is 20.4 Å². The van der Waals surface area contributed by atoms with Crippen molar-refractivity contribution in [2.45, 2.75) is 45.0 Å². The maximum Gasteiger partial charge on any atom is 0.426 e. The molecule has 2 rings (SSSR count). The quantitative estimate of drug-likeness (QED) is 0.734. The molecule has 1 heterocycles. The second-order valence-electron chi connectivity index (χ2n) is 7.88. The van der Waals surface area contributed by atoms with Crippen LogP contribution in [0.25, 0.3) is 0 Å². The fraction of sp³-hybridized carbons (Fsp3) is 0.529. The van der Waals surface area contributed by atoms with Crippen LogP contribution in [0.2, 0.25) is 23.2 Å². The average molecular weight is 400 g/mol. The summed E-state index contributed by atoms with van der Waals surface area (Å²) >= 11 is 5.84. The zero-order valence-electron chi connectivity index (χ0n) is 15.7. The lowest BCUT2D eigenvalue weighted by molar-refractivity contribution is 0.0626. The van der Waals surface area contributed by atoms with Crippen LogP contribution in [0.5, 0.6) is 0 Å². The van der Waals surface area contributed by atoms with E-state index in [1.165, 1.54) is 5.01 Å². The first-order valence-electron chi connectivity index (χ1n) is 8.43. The molecule has 0 bridgehead atoms. The van der Waals surface area contributed by atoms with Crippen LogP contribution in [0, 0.1) is 0 Å². The Morgan fingerprint density at radius 3 is 2.23 bits per heavy atom. The van der Waals surface area contributed by atoms with Crippen molar-refractivity contribution in [2.24, 2.45) is 0 Å². The number of nitrogens with one attached hydrogen (secondary N) is 1. The smallest absolute Gasteiger partial charge is 0.426 e. The van der Waals surface area contributed by atoms with Crippen molar-refractivity contribution in [3.63, 3.8) is 0 Å². The minimum atomic E-state index is -2.07. The van der Waals surface area contributed by atoms with Gasteiger partial charge in [-0.2, -0.15) is 0 Å². The number of carboxylic acid groups (broad SMARTS) is 1. The lowest BCUT2D eigenvalue weighted by Gasteiger charge is -2.38. The van der Waals surface area contributed by atoms with Crippen LogP contribution < -0.4 is 5.32 Å². The number of hydrogen-bond acceptors (Lipinski definition) is 3. The number of hydrazine groups is 1. The van der Waals surface area contributed by atoms with Crippen LogP contribution >= 0.6 is 11.6 Å². The zero-order chi connectivity index (χ0) is 19.7. The Bertz CT molecular complexity index is 676. The molecule has 1 atom stereocenters. The summed E-state index contributed by atoms with van der Waals surface area (Å²) in [4.78, 5) is 24.1. The first kappa shape index (κ1) is 20.5. The maximum atomic E-state index is 12.6. The molecule has 1 aliphatic rings. The minimum absolute atomic E-state index is 0.0000390. The number of hydrogen-bond donors (Lipinski definition) is 2. The first-order chi connectivity index (χ1) is 11.9. The Labute approximate surface area is 160 Å². The van der Waals surface area contributed by atoms with Crippen molar-refractivity contribution < 1.29 is 19.1 Å². The van der Waals surface area contributed by atoms with Crippen LogP contribution in [0.4, 0.5) is 15.3 Å². The lowest BCUT2D eigenvalue weighted by Crippen LogP contribution is -2.46. The molecule has 1 saturated heterocycles. The van der Waals surface area contributed by atoms with Crippen LogP contribution in [0.1, 0.15) is 20.8 Å². The summed E-state index contributed by atoms with van der Waals surface area (Å²) in [5.74, 6) is 0. The van der Waals surface area contributed by atoms with Gasteiger partial charge in [0.15, 0.2) is 8.32 Å². The summed E-state index contributed by atoms with van der Waals surface area (Å²) in [6.07, 6.45) is -1.53. The molecule has 26 heavy (non-hydrogen) atoms. The molecular formula is C17H26ClN3O4Si. The largest absolute Gasteiger partial charge is 0.464 e. The van der Waals surface area contributed by atoms with E-state index in [1.54, 1.807) is 24.3 Å². The number of rotatable bonds is 3. The molecule has 3 amide bonds.